The van der Waals surface area contributed by atoms with Crippen molar-refractivity contribution in [3.8, 4) is 0 Å². The maximum atomic E-state index is 12.1. The van der Waals surface area contributed by atoms with Crippen molar-refractivity contribution in [2.75, 3.05) is 18.9 Å². The molecule has 1 aromatic carbocycles. The molecule has 0 aromatic heterocycles. The first-order valence-electron chi connectivity index (χ1n) is 5.14. The Labute approximate surface area is 116 Å². The van der Waals surface area contributed by atoms with Crippen molar-refractivity contribution in [2.45, 2.75) is 6.43 Å². The number of carboxylic acid groups (broad SMARTS) is 1. The van der Waals surface area contributed by atoms with Gasteiger partial charge in [0.2, 0.25) is 0 Å². The predicted octanol–water partition coefficient (Wildman–Crippen LogP) is 2.88. The van der Waals surface area contributed by atoms with Crippen LogP contribution in [0.3, 0.4) is 0 Å². The first-order chi connectivity index (χ1) is 8.81. The Morgan fingerprint density at radius 2 is 2.11 bits per heavy atom. The van der Waals surface area contributed by atoms with Crippen LogP contribution in [0.1, 0.15) is 10.4 Å². The zero-order chi connectivity index (χ0) is 14.6. The second-order valence-corrected chi connectivity index (χ2v) is 4.56. The fraction of sp³-hybridized carbons (Fsp3) is 0.273. The summed E-state index contributed by atoms with van der Waals surface area (Å²) in [5.41, 5.74) is 0.182. The van der Waals surface area contributed by atoms with E-state index in [1.807, 2.05) is 0 Å². The Morgan fingerprint density at radius 1 is 1.47 bits per heavy atom. The molecule has 8 heteroatoms. The molecule has 0 spiro atoms. The van der Waals surface area contributed by atoms with Gasteiger partial charge < -0.3 is 15.3 Å². The molecule has 0 fully saturated rings. The van der Waals surface area contributed by atoms with Crippen molar-refractivity contribution in [1.29, 1.82) is 0 Å². The van der Waals surface area contributed by atoms with Gasteiger partial charge in [-0.1, -0.05) is 0 Å². The van der Waals surface area contributed by atoms with Crippen molar-refractivity contribution in [3.05, 3.63) is 28.2 Å². The maximum absolute atomic E-state index is 12.1. The van der Waals surface area contributed by atoms with Gasteiger partial charge in [-0.25, -0.2) is 18.4 Å². The minimum Gasteiger partial charge on any atom is -0.478 e. The van der Waals surface area contributed by atoms with E-state index in [0.717, 1.165) is 4.90 Å². The normalized spacial score (nSPS) is 10.4. The van der Waals surface area contributed by atoms with Gasteiger partial charge in [-0.2, -0.15) is 0 Å². The monoisotopic (exact) mass is 336 g/mol. The number of nitrogens with zero attached hydrogens (tertiary/aromatic N) is 1. The fourth-order valence-electron chi connectivity index (χ4n) is 1.28. The number of aromatic carboxylic acids is 1. The van der Waals surface area contributed by atoms with Crippen LogP contribution in [0.5, 0.6) is 0 Å². The molecule has 19 heavy (non-hydrogen) atoms. The molecule has 0 radical (unpaired) electrons. The molecule has 0 bridgehead atoms. The number of alkyl halides is 2. The number of carbonyl (C=O) groups is 2. The highest BCUT2D eigenvalue weighted by atomic mass is 79.9. The lowest BCUT2D eigenvalue weighted by atomic mass is 10.2. The number of amides is 2. The van der Waals surface area contributed by atoms with Crippen LogP contribution in [-0.4, -0.2) is 42.0 Å². The molecule has 1 rings (SSSR count). The zero-order valence-corrected chi connectivity index (χ0v) is 11.4. The average Bonchev–Trinajstić information content (AvgIpc) is 2.30. The van der Waals surface area contributed by atoms with E-state index in [9.17, 15) is 18.4 Å². The third-order valence-electron chi connectivity index (χ3n) is 2.21. The van der Waals surface area contributed by atoms with Gasteiger partial charge in [-0.15, -0.1) is 0 Å². The van der Waals surface area contributed by atoms with Crippen molar-refractivity contribution in [2.24, 2.45) is 0 Å². The van der Waals surface area contributed by atoms with Crippen molar-refractivity contribution >= 4 is 33.6 Å². The summed E-state index contributed by atoms with van der Waals surface area (Å²) < 4.78 is 24.6. The number of carbonyl (C=O) groups excluding carboxylic acids is 1. The lowest BCUT2D eigenvalue weighted by Gasteiger charge is -2.17. The minimum absolute atomic E-state index is 0.0330. The smallest absolute Gasteiger partial charge is 0.336 e. The van der Waals surface area contributed by atoms with E-state index in [0.29, 0.717) is 4.47 Å². The molecule has 5 nitrogen and oxygen atoms in total. The Hall–Kier alpha value is -1.70. The summed E-state index contributed by atoms with van der Waals surface area (Å²) in [6.07, 6.45) is -2.63. The van der Waals surface area contributed by atoms with Crippen LogP contribution in [-0.2, 0) is 0 Å². The molecular weight excluding hydrogens is 326 g/mol. The van der Waals surface area contributed by atoms with Crippen LogP contribution in [0.4, 0.5) is 19.3 Å². The third kappa shape index (κ3) is 4.47. The first kappa shape index (κ1) is 15.4. The lowest BCUT2D eigenvalue weighted by molar-refractivity contribution is 0.0696. The van der Waals surface area contributed by atoms with E-state index in [-0.39, 0.29) is 11.3 Å². The van der Waals surface area contributed by atoms with Gasteiger partial charge in [-0.3, -0.25) is 0 Å². The van der Waals surface area contributed by atoms with Gasteiger partial charge in [-0.05, 0) is 34.1 Å². The molecule has 0 aliphatic rings. The Balaban J connectivity index is 2.80. The topological polar surface area (TPSA) is 69.6 Å². The Kier molecular flexibility index (Phi) is 5.22. The first-order valence-corrected chi connectivity index (χ1v) is 5.93. The number of benzene rings is 1. The molecule has 0 atom stereocenters. The molecule has 0 heterocycles. The second kappa shape index (κ2) is 6.46. The number of rotatable bonds is 4. The molecule has 1 aromatic rings. The van der Waals surface area contributed by atoms with Gasteiger partial charge in [0.1, 0.15) is 0 Å². The van der Waals surface area contributed by atoms with E-state index in [4.69, 9.17) is 5.11 Å². The standard InChI is InChI=1S/C11H11BrF2N2O3/c1-16(5-9(13)14)11(19)15-6-2-3-8(12)7(4-6)10(17)18/h2-4,9H,5H2,1H3,(H,15,19)(H,17,18). The van der Waals surface area contributed by atoms with Crippen LogP contribution in [0.2, 0.25) is 0 Å². The fourth-order valence-corrected chi connectivity index (χ4v) is 1.69. The van der Waals surface area contributed by atoms with Crippen molar-refractivity contribution in [1.82, 2.24) is 4.90 Å². The van der Waals surface area contributed by atoms with Gasteiger partial charge in [0.05, 0.1) is 12.1 Å². The predicted molar refractivity (Wildman–Crippen MR) is 68.8 cm³/mol. The summed E-state index contributed by atoms with van der Waals surface area (Å²) in [4.78, 5) is 23.2. The van der Waals surface area contributed by atoms with E-state index in [2.05, 4.69) is 21.2 Å². The summed E-state index contributed by atoms with van der Waals surface area (Å²) in [5, 5.41) is 11.2. The summed E-state index contributed by atoms with van der Waals surface area (Å²) >= 11 is 3.06. The number of hydrogen-bond donors (Lipinski definition) is 2. The molecule has 0 aliphatic carbocycles. The minimum atomic E-state index is -2.63. The van der Waals surface area contributed by atoms with Gasteiger partial charge in [0.25, 0.3) is 6.43 Å². The SMILES string of the molecule is CN(CC(F)F)C(=O)Nc1ccc(Br)c(C(=O)O)c1. The summed E-state index contributed by atoms with van der Waals surface area (Å²) in [5.74, 6) is -1.16. The van der Waals surface area contributed by atoms with Crippen LogP contribution < -0.4 is 5.32 Å². The number of carboxylic acids is 1. The highest BCUT2D eigenvalue weighted by Gasteiger charge is 2.15. The van der Waals surface area contributed by atoms with E-state index in [1.54, 1.807) is 0 Å². The van der Waals surface area contributed by atoms with Crippen LogP contribution in [0.25, 0.3) is 0 Å². The van der Waals surface area contributed by atoms with E-state index < -0.39 is 25.0 Å². The molecule has 0 unspecified atom stereocenters. The quantitative estimate of drug-likeness (QED) is 0.888. The lowest BCUT2D eigenvalue weighted by Crippen LogP contribution is -2.34. The number of hydrogen-bond acceptors (Lipinski definition) is 2. The average molecular weight is 337 g/mol. The number of urea groups is 1. The molecule has 0 saturated carbocycles. The van der Waals surface area contributed by atoms with Gasteiger partial charge in [0.15, 0.2) is 0 Å². The van der Waals surface area contributed by atoms with Gasteiger partial charge in [0, 0.05) is 17.2 Å². The highest BCUT2D eigenvalue weighted by Crippen LogP contribution is 2.21. The summed E-state index contributed by atoms with van der Waals surface area (Å²) in [7, 11) is 1.22. The van der Waals surface area contributed by atoms with Gasteiger partial charge >= 0.3 is 12.0 Å². The number of nitrogens with one attached hydrogen (secondary N) is 1. The highest BCUT2D eigenvalue weighted by molar-refractivity contribution is 9.10. The third-order valence-corrected chi connectivity index (χ3v) is 2.90. The van der Waals surface area contributed by atoms with Crippen LogP contribution in [0, 0.1) is 0 Å². The second-order valence-electron chi connectivity index (χ2n) is 3.70. The number of halogens is 3. The summed E-state index contributed by atoms with van der Waals surface area (Å²) in [6, 6.07) is 3.41. The largest absolute Gasteiger partial charge is 0.478 e. The molecular formula is C11H11BrF2N2O3. The molecule has 104 valence electrons. The zero-order valence-electron chi connectivity index (χ0n) is 9.86. The maximum Gasteiger partial charge on any atom is 0.336 e. The summed E-state index contributed by atoms with van der Waals surface area (Å²) in [6.45, 7) is -0.700. The van der Waals surface area contributed by atoms with E-state index >= 15 is 0 Å². The van der Waals surface area contributed by atoms with Crippen molar-refractivity contribution < 1.29 is 23.5 Å². The Morgan fingerprint density at radius 3 is 2.63 bits per heavy atom. The molecule has 0 saturated heterocycles. The molecule has 2 N–H and O–H groups in total. The van der Waals surface area contributed by atoms with E-state index in [1.165, 1.54) is 25.2 Å². The molecule has 2 amide bonds. The van der Waals surface area contributed by atoms with Crippen LogP contribution in [0.15, 0.2) is 22.7 Å². The van der Waals surface area contributed by atoms with Crippen molar-refractivity contribution in [3.63, 3.8) is 0 Å². The number of anilines is 1. The molecule has 0 aliphatic heterocycles. The van der Waals surface area contributed by atoms with Crippen LogP contribution >= 0.6 is 15.9 Å². The Bertz CT molecular complexity index is 497.